The fourth-order valence-electron chi connectivity index (χ4n) is 4.15. The lowest BCUT2D eigenvalue weighted by atomic mass is 10.0. The number of amides is 1. The van der Waals surface area contributed by atoms with Crippen LogP contribution in [0.25, 0.3) is 0 Å². The van der Waals surface area contributed by atoms with Crippen molar-refractivity contribution in [2.45, 2.75) is 50.6 Å². The molecule has 2 aromatic rings. The van der Waals surface area contributed by atoms with Crippen LogP contribution in [0.4, 0.5) is 26.3 Å². The average molecular weight is 502 g/mol. The van der Waals surface area contributed by atoms with E-state index in [9.17, 15) is 31.1 Å². The normalized spacial score (nSPS) is 16.2. The van der Waals surface area contributed by atoms with Crippen LogP contribution in [0.1, 0.15) is 54.0 Å². The van der Waals surface area contributed by atoms with Gasteiger partial charge in [0.1, 0.15) is 6.04 Å². The summed E-state index contributed by atoms with van der Waals surface area (Å²) < 4.78 is 78.7. The fraction of sp³-hybridized carbons (Fsp3) is 0.480. The third-order valence-electron chi connectivity index (χ3n) is 5.96. The number of halogens is 6. The highest BCUT2D eigenvalue weighted by atomic mass is 19.4. The minimum Gasteiger partial charge on any atom is -0.350 e. The maximum atomic E-state index is 13.1. The Kier molecular flexibility index (Phi) is 9.18. The van der Waals surface area contributed by atoms with Crippen molar-refractivity contribution in [2.24, 2.45) is 0 Å². The number of piperidine rings is 1. The number of likely N-dealkylation sites (tertiary alicyclic amines) is 1. The first-order chi connectivity index (χ1) is 16.5. The zero-order valence-electron chi connectivity index (χ0n) is 19.2. The molecule has 0 saturated carbocycles. The lowest BCUT2D eigenvalue weighted by Gasteiger charge is -2.26. The Labute approximate surface area is 200 Å². The highest BCUT2D eigenvalue weighted by molar-refractivity contribution is 5.83. The molecule has 0 spiro atoms. The topological polar surface area (TPSA) is 44.4 Å². The second-order valence-corrected chi connectivity index (χ2v) is 8.69. The molecule has 0 unspecified atom stereocenters. The summed E-state index contributed by atoms with van der Waals surface area (Å²) in [6.45, 7) is 3.06. The quantitative estimate of drug-likeness (QED) is 0.350. The fourth-order valence-corrected chi connectivity index (χ4v) is 4.15. The van der Waals surface area contributed by atoms with Crippen molar-refractivity contribution in [3.63, 3.8) is 0 Å². The van der Waals surface area contributed by atoms with Crippen molar-refractivity contribution >= 4 is 5.91 Å². The summed E-state index contributed by atoms with van der Waals surface area (Å²) >= 11 is 0. The zero-order valence-corrected chi connectivity index (χ0v) is 19.2. The molecule has 1 atom stereocenters. The van der Waals surface area contributed by atoms with Crippen molar-refractivity contribution in [3.05, 3.63) is 70.8 Å². The highest BCUT2D eigenvalue weighted by Gasteiger charge is 2.37. The Hall–Kier alpha value is -2.59. The van der Waals surface area contributed by atoms with Crippen LogP contribution in [0.15, 0.2) is 48.5 Å². The minimum atomic E-state index is -4.94. The molecule has 1 aliphatic rings. The molecule has 4 nitrogen and oxygen atoms in total. The molecule has 10 heteroatoms. The van der Waals surface area contributed by atoms with E-state index in [4.69, 9.17) is 0 Å². The second-order valence-electron chi connectivity index (χ2n) is 8.69. The highest BCUT2D eigenvalue weighted by Crippen LogP contribution is 2.36. The average Bonchev–Trinajstić information content (AvgIpc) is 2.82. The number of carbonyl (C=O) groups is 1. The predicted octanol–water partition coefficient (Wildman–Crippen LogP) is 5.55. The molecule has 0 aliphatic carbocycles. The Morgan fingerprint density at radius 3 is 2.06 bits per heavy atom. The minimum absolute atomic E-state index is 0.0714. The molecule has 0 aromatic heterocycles. The van der Waals surface area contributed by atoms with E-state index < -0.39 is 42.0 Å². The largest absolute Gasteiger partial charge is 0.416 e. The zero-order chi connectivity index (χ0) is 25.5. The van der Waals surface area contributed by atoms with E-state index >= 15 is 0 Å². The van der Waals surface area contributed by atoms with Crippen LogP contribution in [0, 0.1) is 0 Å². The number of alkyl halides is 6. The maximum Gasteiger partial charge on any atom is 0.416 e. The van der Waals surface area contributed by atoms with Crippen LogP contribution >= 0.6 is 0 Å². The van der Waals surface area contributed by atoms with E-state index in [-0.39, 0.29) is 11.6 Å². The molecule has 35 heavy (non-hydrogen) atoms. The van der Waals surface area contributed by atoms with Crippen molar-refractivity contribution in [1.82, 2.24) is 15.5 Å². The van der Waals surface area contributed by atoms with Crippen molar-refractivity contribution in [1.29, 1.82) is 0 Å². The first-order valence-corrected chi connectivity index (χ1v) is 11.6. The summed E-state index contributed by atoms with van der Waals surface area (Å²) in [5, 5.41) is 5.68. The lowest BCUT2D eigenvalue weighted by Crippen LogP contribution is -2.39. The molecule has 0 radical (unpaired) electrons. The molecule has 1 aliphatic heterocycles. The van der Waals surface area contributed by atoms with Crippen molar-refractivity contribution < 1.29 is 31.1 Å². The standard InChI is InChI=1S/C25H29F6N3O/c26-24(27,28)20-14-18(15-21(16-20)25(29,30)31)17-33-23(35)22(19-8-3-1-4-9-19)32-10-7-13-34-11-5-2-6-12-34/h1,3-4,8-9,14-16,22,32H,2,5-7,10-13,17H2,(H,33,35)/t22-/m0/s1. The number of benzene rings is 2. The Bertz CT molecular complexity index is 924. The number of nitrogens with one attached hydrogen (secondary N) is 2. The van der Waals surface area contributed by atoms with Crippen LogP contribution in [-0.4, -0.2) is 37.0 Å². The number of rotatable bonds is 9. The second kappa shape index (κ2) is 11.9. The molecule has 0 bridgehead atoms. The number of hydrogen-bond donors (Lipinski definition) is 2. The first kappa shape index (κ1) is 27.0. The van der Waals surface area contributed by atoms with Crippen LogP contribution in [0.2, 0.25) is 0 Å². The van der Waals surface area contributed by atoms with Gasteiger partial charge in [-0.25, -0.2) is 0 Å². The molecule has 3 rings (SSSR count). The van der Waals surface area contributed by atoms with Gasteiger partial charge in [-0.15, -0.1) is 0 Å². The third kappa shape index (κ3) is 8.24. The van der Waals surface area contributed by atoms with Gasteiger partial charge in [0, 0.05) is 6.54 Å². The van der Waals surface area contributed by atoms with Gasteiger partial charge < -0.3 is 15.5 Å². The van der Waals surface area contributed by atoms with E-state index in [0.29, 0.717) is 24.2 Å². The van der Waals surface area contributed by atoms with Gasteiger partial charge in [-0.2, -0.15) is 26.3 Å². The summed E-state index contributed by atoms with van der Waals surface area (Å²) in [4.78, 5) is 15.3. The van der Waals surface area contributed by atoms with Gasteiger partial charge in [0.15, 0.2) is 0 Å². The molecular weight excluding hydrogens is 472 g/mol. The molecule has 2 aromatic carbocycles. The number of hydrogen-bond acceptors (Lipinski definition) is 3. The SMILES string of the molecule is O=C(NCc1cc(C(F)(F)F)cc(C(F)(F)F)c1)[C@@H](NCCCN1CCCCC1)c1ccccc1. The van der Waals surface area contributed by atoms with Crippen LogP contribution in [0.3, 0.4) is 0 Å². The molecule has 192 valence electrons. The first-order valence-electron chi connectivity index (χ1n) is 11.6. The molecule has 2 N–H and O–H groups in total. The third-order valence-corrected chi connectivity index (χ3v) is 5.96. The van der Waals surface area contributed by atoms with Gasteiger partial charge in [-0.05, 0) is 74.8 Å². The number of nitrogens with zero attached hydrogens (tertiary/aromatic N) is 1. The molecule has 1 fully saturated rings. The summed E-state index contributed by atoms with van der Waals surface area (Å²) in [6, 6.07) is 9.32. The maximum absolute atomic E-state index is 13.1. The molecule has 1 amide bonds. The summed E-state index contributed by atoms with van der Waals surface area (Å²) in [7, 11) is 0. The summed E-state index contributed by atoms with van der Waals surface area (Å²) in [5.41, 5.74) is -2.44. The molecule has 1 heterocycles. The predicted molar refractivity (Wildman–Crippen MR) is 120 cm³/mol. The monoisotopic (exact) mass is 501 g/mol. The summed E-state index contributed by atoms with van der Waals surface area (Å²) in [6.07, 6.45) is -5.49. The smallest absolute Gasteiger partial charge is 0.350 e. The molecule has 1 saturated heterocycles. The van der Waals surface area contributed by atoms with Crippen LogP contribution in [0.5, 0.6) is 0 Å². The summed E-state index contributed by atoms with van der Waals surface area (Å²) in [5.74, 6) is -0.528. The Morgan fingerprint density at radius 2 is 1.49 bits per heavy atom. The van der Waals surface area contributed by atoms with Gasteiger partial charge in [0.25, 0.3) is 0 Å². The Balaban J connectivity index is 1.67. The van der Waals surface area contributed by atoms with E-state index in [2.05, 4.69) is 15.5 Å². The van der Waals surface area contributed by atoms with E-state index in [1.165, 1.54) is 19.3 Å². The Morgan fingerprint density at radius 1 is 0.886 bits per heavy atom. The van der Waals surface area contributed by atoms with Gasteiger partial charge in [0.05, 0.1) is 11.1 Å². The van der Waals surface area contributed by atoms with Gasteiger partial charge in [-0.1, -0.05) is 36.8 Å². The van der Waals surface area contributed by atoms with Gasteiger partial charge in [-0.3, -0.25) is 4.79 Å². The van der Waals surface area contributed by atoms with Crippen molar-refractivity contribution in [3.8, 4) is 0 Å². The van der Waals surface area contributed by atoms with Crippen LogP contribution < -0.4 is 10.6 Å². The van der Waals surface area contributed by atoms with Crippen molar-refractivity contribution in [2.75, 3.05) is 26.2 Å². The lowest BCUT2D eigenvalue weighted by molar-refractivity contribution is -0.143. The molecular formula is C25H29F6N3O. The van der Waals surface area contributed by atoms with Gasteiger partial charge in [0.2, 0.25) is 5.91 Å². The number of carbonyl (C=O) groups excluding carboxylic acids is 1. The van der Waals surface area contributed by atoms with Crippen LogP contribution in [-0.2, 0) is 23.7 Å². The van der Waals surface area contributed by atoms with E-state index in [1.807, 2.05) is 0 Å². The van der Waals surface area contributed by atoms with E-state index in [1.54, 1.807) is 30.3 Å². The van der Waals surface area contributed by atoms with E-state index in [0.717, 1.165) is 26.1 Å². The van der Waals surface area contributed by atoms with Gasteiger partial charge >= 0.3 is 12.4 Å².